The molecule has 4 nitrogen and oxygen atoms in total. The summed E-state index contributed by atoms with van der Waals surface area (Å²) in [6.45, 7) is 2.05. The molecule has 0 aliphatic rings. The Morgan fingerprint density at radius 2 is 1.88 bits per heavy atom. The first-order valence-corrected chi connectivity index (χ1v) is 6.01. The van der Waals surface area contributed by atoms with Crippen molar-refractivity contribution in [3.8, 4) is 0 Å². The van der Waals surface area contributed by atoms with Gasteiger partial charge in [0.05, 0.1) is 0 Å². The summed E-state index contributed by atoms with van der Waals surface area (Å²) in [7, 11) is 1.83. The highest BCUT2D eigenvalue weighted by Gasteiger charge is 2.00. The maximum absolute atomic E-state index is 4.16. The van der Waals surface area contributed by atoms with E-state index in [2.05, 4.69) is 43.5 Å². The zero-order valence-corrected chi connectivity index (χ0v) is 11.2. The monoisotopic (exact) mass is 292 g/mol. The molecular weight excluding hydrogens is 280 g/mol. The largest absolute Gasteiger partial charge is 0.373 e. The summed E-state index contributed by atoms with van der Waals surface area (Å²) in [6.07, 6.45) is 1.53. The Morgan fingerprint density at radius 1 is 1.12 bits per heavy atom. The quantitative estimate of drug-likeness (QED) is 0.911. The highest BCUT2D eigenvalue weighted by atomic mass is 79.9. The molecule has 5 heteroatoms. The highest BCUT2D eigenvalue weighted by molar-refractivity contribution is 9.10. The minimum Gasteiger partial charge on any atom is -0.373 e. The van der Waals surface area contributed by atoms with E-state index in [0.29, 0.717) is 0 Å². The number of anilines is 3. The molecule has 0 aliphatic carbocycles. The lowest BCUT2D eigenvalue weighted by Crippen LogP contribution is -1.98. The molecule has 0 atom stereocenters. The number of hydrogen-bond acceptors (Lipinski definition) is 4. The summed E-state index contributed by atoms with van der Waals surface area (Å²) in [5.41, 5.74) is 2.19. The Hall–Kier alpha value is -1.62. The Bertz CT molecular complexity index is 528. The van der Waals surface area contributed by atoms with E-state index in [0.717, 1.165) is 21.8 Å². The normalized spacial score (nSPS) is 10.1. The minimum atomic E-state index is 0.764. The van der Waals surface area contributed by atoms with Crippen LogP contribution in [0.2, 0.25) is 0 Å². The third-order valence-corrected chi connectivity index (χ3v) is 3.22. The molecule has 88 valence electrons. The van der Waals surface area contributed by atoms with Crippen LogP contribution in [-0.4, -0.2) is 17.0 Å². The van der Waals surface area contributed by atoms with Crippen LogP contribution in [0.15, 0.2) is 35.1 Å². The molecule has 0 radical (unpaired) electrons. The van der Waals surface area contributed by atoms with Crippen molar-refractivity contribution in [2.75, 3.05) is 17.7 Å². The van der Waals surface area contributed by atoms with Crippen molar-refractivity contribution in [2.45, 2.75) is 6.92 Å². The molecule has 0 saturated carbocycles. The van der Waals surface area contributed by atoms with Crippen LogP contribution < -0.4 is 10.6 Å². The predicted molar refractivity (Wildman–Crippen MR) is 73.7 cm³/mol. The second-order valence-electron chi connectivity index (χ2n) is 3.63. The number of rotatable bonds is 3. The number of nitrogens with one attached hydrogen (secondary N) is 2. The van der Waals surface area contributed by atoms with Crippen LogP contribution in [0.3, 0.4) is 0 Å². The predicted octanol–water partition coefficient (Wildman–Crippen LogP) is 3.33. The minimum absolute atomic E-state index is 0.764. The standard InChI is InChI=1S/C12H13BrN4/c1-8-3-4-9(5-10(8)13)17-12-6-11(14-2)15-7-16-12/h3-7H,1-2H3,(H2,14,15,16,17). The zero-order valence-electron chi connectivity index (χ0n) is 9.66. The highest BCUT2D eigenvalue weighted by Crippen LogP contribution is 2.23. The SMILES string of the molecule is CNc1cc(Nc2ccc(C)c(Br)c2)ncn1. The second-order valence-corrected chi connectivity index (χ2v) is 4.48. The lowest BCUT2D eigenvalue weighted by atomic mass is 10.2. The van der Waals surface area contributed by atoms with E-state index in [1.807, 2.05) is 31.3 Å². The molecular formula is C12H13BrN4. The molecule has 0 bridgehead atoms. The number of aromatic nitrogens is 2. The molecule has 0 spiro atoms. The first-order valence-electron chi connectivity index (χ1n) is 5.22. The first-order chi connectivity index (χ1) is 8.19. The third-order valence-electron chi connectivity index (χ3n) is 2.37. The molecule has 0 fully saturated rings. The lowest BCUT2D eigenvalue weighted by Gasteiger charge is -2.08. The molecule has 2 N–H and O–H groups in total. The maximum atomic E-state index is 4.16. The Kier molecular flexibility index (Phi) is 3.58. The fraction of sp³-hybridized carbons (Fsp3) is 0.167. The van der Waals surface area contributed by atoms with Gasteiger partial charge in [0.15, 0.2) is 0 Å². The number of halogens is 1. The summed E-state index contributed by atoms with van der Waals surface area (Å²) >= 11 is 3.50. The fourth-order valence-corrected chi connectivity index (χ4v) is 1.76. The first kappa shape index (κ1) is 11.9. The van der Waals surface area contributed by atoms with Crippen molar-refractivity contribution in [1.82, 2.24) is 9.97 Å². The van der Waals surface area contributed by atoms with E-state index >= 15 is 0 Å². The van der Waals surface area contributed by atoms with E-state index in [1.165, 1.54) is 11.9 Å². The van der Waals surface area contributed by atoms with Gasteiger partial charge in [-0.25, -0.2) is 9.97 Å². The van der Waals surface area contributed by atoms with Gasteiger partial charge in [-0.2, -0.15) is 0 Å². The van der Waals surface area contributed by atoms with E-state index in [4.69, 9.17) is 0 Å². The molecule has 1 aromatic carbocycles. The molecule has 2 aromatic rings. The van der Waals surface area contributed by atoms with E-state index in [-0.39, 0.29) is 0 Å². The van der Waals surface area contributed by atoms with Crippen LogP contribution in [0.1, 0.15) is 5.56 Å². The fourth-order valence-electron chi connectivity index (χ4n) is 1.38. The van der Waals surface area contributed by atoms with Crippen molar-refractivity contribution in [3.05, 3.63) is 40.6 Å². The summed E-state index contributed by atoms with van der Waals surface area (Å²) in [4.78, 5) is 8.22. The summed E-state index contributed by atoms with van der Waals surface area (Å²) in [5, 5.41) is 6.20. The van der Waals surface area contributed by atoms with Gasteiger partial charge in [-0.05, 0) is 24.6 Å². The van der Waals surface area contributed by atoms with E-state index < -0.39 is 0 Å². The molecule has 0 amide bonds. The van der Waals surface area contributed by atoms with Crippen molar-refractivity contribution >= 4 is 33.3 Å². The van der Waals surface area contributed by atoms with Crippen molar-refractivity contribution in [1.29, 1.82) is 0 Å². The van der Waals surface area contributed by atoms with Gasteiger partial charge in [-0.15, -0.1) is 0 Å². The van der Waals surface area contributed by atoms with Gasteiger partial charge in [0.2, 0.25) is 0 Å². The lowest BCUT2D eigenvalue weighted by molar-refractivity contribution is 1.16. The van der Waals surface area contributed by atoms with Gasteiger partial charge in [0.1, 0.15) is 18.0 Å². The van der Waals surface area contributed by atoms with Gasteiger partial charge in [0.25, 0.3) is 0 Å². The van der Waals surface area contributed by atoms with Crippen LogP contribution in [0, 0.1) is 6.92 Å². The summed E-state index contributed by atoms with van der Waals surface area (Å²) < 4.78 is 1.07. The van der Waals surface area contributed by atoms with E-state index in [1.54, 1.807) is 0 Å². The smallest absolute Gasteiger partial charge is 0.135 e. The third kappa shape index (κ3) is 2.94. The molecule has 0 unspecified atom stereocenters. The molecule has 0 saturated heterocycles. The van der Waals surface area contributed by atoms with Crippen LogP contribution in [-0.2, 0) is 0 Å². The Balaban J connectivity index is 2.22. The molecule has 2 rings (SSSR count). The topological polar surface area (TPSA) is 49.8 Å². The number of nitrogens with zero attached hydrogens (tertiary/aromatic N) is 2. The number of benzene rings is 1. The second kappa shape index (κ2) is 5.14. The number of aryl methyl sites for hydroxylation is 1. The zero-order chi connectivity index (χ0) is 12.3. The van der Waals surface area contributed by atoms with Gasteiger partial charge in [-0.1, -0.05) is 22.0 Å². The number of hydrogen-bond donors (Lipinski definition) is 2. The summed E-state index contributed by atoms with van der Waals surface area (Å²) in [6, 6.07) is 7.94. The van der Waals surface area contributed by atoms with Crippen LogP contribution in [0.4, 0.5) is 17.3 Å². The maximum Gasteiger partial charge on any atom is 0.135 e. The van der Waals surface area contributed by atoms with Gasteiger partial charge < -0.3 is 10.6 Å². The molecule has 1 heterocycles. The molecule has 17 heavy (non-hydrogen) atoms. The molecule has 0 aliphatic heterocycles. The van der Waals surface area contributed by atoms with Crippen molar-refractivity contribution in [2.24, 2.45) is 0 Å². The van der Waals surface area contributed by atoms with Gasteiger partial charge in [-0.3, -0.25) is 0 Å². The van der Waals surface area contributed by atoms with Crippen molar-refractivity contribution < 1.29 is 0 Å². The van der Waals surface area contributed by atoms with E-state index in [9.17, 15) is 0 Å². The summed E-state index contributed by atoms with van der Waals surface area (Å²) in [5.74, 6) is 1.55. The van der Waals surface area contributed by atoms with Gasteiger partial charge >= 0.3 is 0 Å². The van der Waals surface area contributed by atoms with Crippen LogP contribution >= 0.6 is 15.9 Å². The van der Waals surface area contributed by atoms with Crippen molar-refractivity contribution in [3.63, 3.8) is 0 Å². The Morgan fingerprint density at radius 3 is 2.59 bits per heavy atom. The van der Waals surface area contributed by atoms with Crippen LogP contribution in [0.25, 0.3) is 0 Å². The Labute approximate surface area is 109 Å². The average Bonchev–Trinajstić information content (AvgIpc) is 2.34. The average molecular weight is 293 g/mol. The van der Waals surface area contributed by atoms with Crippen LogP contribution in [0.5, 0.6) is 0 Å². The van der Waals surface area contributed by atoms with Gasteiger partial charge in [0, 0.05) is 23.3 Å². The molecule has 1 aromatic heterocycles.